The molecule has 1 aliphatic heterocycles. The van der Waals surface area contributed by atoms with Crippen LogP contribution in [-0.2, 0) is 27.5 Å². The van der Waals surface area contributed by atoms with Crippen LogP contribution >= 0.6 is 0 Å². The summed E-state index contributed by atoms with van der Waals surface area (Å²) in [6.07, 6.45) is -1.85. The van der Waals surface area contributed by atoms with Gasteiger partial charge in [-0.25, -0.2) is 13.4 Å². The lowest BCUT2D eigenvalue weighted by atomic mass is 9.90. The van der Waals surface area contributed by atoms with Crippen LogP contribution in [-0.4, -0.2) is 39.5 Å². The molecular formula is C25H25F3N2O5S. The van der Waals surface area contributed by atoms with E-state index in [4.69, 9.17) is 14.2 Å². The molecule has 1 saturated heterocycles. The second kappa shape index (κ2) is 9.98. The monoisotopic (exact) mass is 522 g/mol. The van der Waals surface area contributed by atoms with E-state index in [1.165, 1.54) is 6.07 Å². The molecule has 0 aliphatic carbocycles. The smallest absolute Gasteiger partial charge is 0.416 e. The van der Waals surface area contributed by atoms with E-state index < -0.39 is 21.8 Å². The van der Waals surface area contributed by atoms with E-state index in [0.717, 1.165) is 18.4 Å². The third kappa shape index (κ3) is 6.67. The highest BCUT2D eigenvalue weighted by molar-refractivity contribution is 7.92. The predicted octanol–water partition coefficient (Wildman–Crippen LogP) is 5.13. The first kappa shape index (κ1) is 25.8. The molecule has 0 spiro atoms. The summed E-state index contributed by atoms with van der Waals surface area (Å²) in [6, 6.07) is 13.4. The van der Waals surface area contributed by atoms with Gasteiger partial charge in [-0.2, -0.15) is 13.2 Å². The molecule has 0 saturated carbocycles. The van der Waals surface area contributed by atoms with E-state index >= 15 is 0 Å². The molecule has 0 unspecified atom stereocenters. The van der Waals surface area contributed by atoms with Crippen LogP contribution in [0.25, 0.3) is 11.1 Å². The number of hydrogen-bond acceptors (Lipinski definition) is 6. The standard InChI is InChI=1S/C25H25F3N2O5S/c1-24(14-33-15-24)16-35-23-22(30-36(2,31)32)11-19(12-29-23)18-6-4-8-21(10-18)34-13-17-5-3-7-20(9-17)25(26,27)28/h3-12,30H,13-16H2,1-2H3. The number of hydrogen-bond donors (Lipinski definition) is 1. The molecule has 192 valence electrons. The molecule has 0 atom stereocenters. The van der Waals surface area contributed by atoms with Gasteiger partial charge in [-0.15, -0.1) is 0 Å². The number of aromatic nitrogens is 1. The fourth-order valence-electron chi connectivity index (χ4n) is 3.54. The van der Waals surface area contributed by atoms with Crippen molar-refractivity contribution < 1.29 is 35.8 Å². The average molecular weight is 523 g/mol. The molecule has 11 heteroatoms. The molecule has 1 N–H and O–H groups in total. The quantitative estimate of drug-likeness (QED) is 0.419. The highest BCUT2D eigenvalue weighted by atomic mass is 32.2. The van der Waals surface area contributed by atoms with Gasteiger partial charge in [-0.05, 0) is 41.5 Å². The predicted molar refractivity (Wildman–Crippen MR) is 128 cm³/mol. The minimum atomic E-state index is -4.43. The van der Waals surface area contributed by atoms with Gasteiger partial charge >= 0.3 is 6.18 Å². The molecule has 36 heavy (non-hydrogen) atoms. The van der Waals surface area contributed by atoms with Crippen molar-refractivity contribution in [2.45, 2.75) is 19.7 Å². The Morgan fingerprint density at radius 1 is 1.06 bits per heavy atom. The summed E-state index contributed by atoms with van der Waals surface area (Å²) in [6.45, 7) is 3.36. The Balaban J connectivity index is 1.53. The van der Waals surface area contributed by atoms with Crippen LogP contribution in [0, 0.1) is 5.41 Å². The van der Waals surface area contributed by atoms with Crippen LogP contribution in [0.5, 0.6) is 11.6 Å². The van der Waals surface area contributed by atoms with Crippen molar-refractivity contribution in [3.05, 3.63) is 71.9 Å². The third-order valence-electron chi connectivity index (χ3n) is 5.43. The number of pyridine rings is 1. The summed E-state index contributed by atoms with van der Waals surface area (Å²) < 4.78 is 81.9. The topological polar surface area (TPSA) is 86.8 Å². The Morgan fingerprint density at radius 2 is 1.81 bits per heavy atom. The first-order valence-corrected chi connectivity index (χ1v) is 12.9. The SMILES string of the molecule is CC1(COc2ncc(-c3cccc(OCc4cccc(C(F)(F)F)c4)c3)cc2NS(C)(=O)=O)COC1. The Kier molecular flexibility index (Phi) is 7.14. The van der Waals surface area contributed by atoms with Gasteiger partial charge in [-0.3, -0.25) is 4.72 Å². The van der Waals surface area contributed by atoms with Crippen molar-refractivity contribution in [3.63, 3.8) is 0 Å². The molecule has 0 radical (unpaired) electrons. The molecule has 1 aliphatic rings. The molecule has 3 aromatic rings. The zero-order chi connectivity index (χ0) is 26.0. The fourth-order valence-corrected chi connectivity index (χ4v) is 4.09. The second-order valence-electron chi connectivity index (χ2n) is 9.06. The number of anilines is 1. The fraction of sp³-hybridized carbons (Fsp3) is 0.320. The second-order valence-corrected chi connectivity index (χ2v) is 10.8. The highest BCUT2D eigenvalue weighted by Gasteiger charge is 2.34. The van der Waals surface area contributed by atoms with Crippen molar-refractivity contribution in [2.24, 2.45) is 5.41 Å². The number of nitrogens with zero attached hydrogens (tertiary/aromatic N) is 1. The molecule has 0 bridgehead atoms. The first-order chi connectivity index (χ1) is 16.9. The van der Waals surface area contributed by atoms with Crippen LogP contribution in [0.15, 0.2) is 60.8 Å². The molecule has 7 nitrogen and oxygen atoms in total. The van der Waals surface area contributed by atoms with Gasteiger partial charge < -0.3 is 14.2 Å². The van der Waals surface area contributed by atoms with Gasteiger partial charge in [0.15, 0.2) is 0 Å². The van der Waals surface area contributed by atoms with Gasteiger partial charge in [0.1, 0.15) is 18.0 Å². The molecule has 0 amide bonds. The van der Waals surface area contributed by atoms with Crippen molar-refractivity contribution in [3.8, 4) is 22.8 Å². The van der Waals surface area contributed by atoms with Crippen LogP contribution in [0.3, 0.4) is 0 Å². The molecular weight excluding hydrogens is 497 g/mol. The summed E-state index contributed by atoms with van der Waals surface area (Å²) in [7, 11) is -3.60. The van der Waals surface area contributed by atoms with Gasteiger partial charge in [0.2, 0.25) is 15.9 Å². The summed E-state index contributed by atoms with van der Waals surface area (Å²) in [4.78, 5) is 4.32. The number of rotatable bonds is 9. The lowest BCUT2D eigenvalue weighted by Crippen LogP contribution is -2.44. The number of ether oxygens (including phenoxy) is 3. The minimum Gasteiger partial charge on any atom is -0.489 e. The largest absolute Gasteiger partial charge is 0.489 e. The summed E-state index contributed by atoms with van der Waals surface area (Å²) in [5, 5.41) is 0. The number of halogens is 3. The molecule has 1 fully saturated rings. The Morgan fingerprint density at radius 3 is 2.47 bits per heavy atom. The maximum absolute atomic E-state index is 13.0. The van der Waals surface area contributed by atoms with Gasteiger partial charge in [0.05, 0.1) is 31.6 Å². The lowest BCUT2D eigenvalue weighted by Gasteiger charge is -2.37. The maximum atomic E-state index is 13.0. The molecule has 2 heterocycles. The van der Waals surface area contributed by atoms with E-state index in [1.807, 2.05) is 6.92 Å². The van der Waals surface area contributed by atoms with E-state index in [0.29, 0.717) is 42.3 Å². The number of sulfonamides is 1. The van der Waals surface area contributed by atoms with Crippen molar-refractivity contribution in [1.82, 2.24) is 4.98 Å². The molecule has 1 aromatic heterocycles. The van der Waals surface area contributed by atoms with E-state index in [2.05, 4.69) is 9.71 Å². The number of benzene rings is 2. The molecule has 2 aromatic carbocycles. The maximum Gasteiger partial charge on any atom is 0.416 e. The van der Waals surface area contributed by atoms with Gasteiger partial charge in [-0.1, -0.05) is 31.2 Å². The normalized spacial score (nSPS) is 15.1. The summed E-state index contributed by atoms with van der Waals surface area (Å²) in [5.74, 6) is 0.579. The van der Waals surface area contributed by atoms with Crippen LogP contribution in [0.4, 0.5) is 18.9 Å². The number of alkyl halides is 3. The first-order valence-electron chi connectivity index (χ1n) is 11.0. The summed E-state index contributed by atoms with van der Waals surface area (Å²) >= 11 is 0. The van der Waals surface area contributed by atoms with E-state index in [-0.39, 0.29) is 23.6 Å². The van der Waals surface area contributed by atoms with Crippen LogP contribution < -0.4 is 14.2 Å². The minimum absolute atomic E-state index is 0.0538. The average Bonchev–Trinajstić information content (AvgIpc) is 2.79. The Labute approximate surface area is 207 Å². The van der Waals surface area contributed by atoms with Crippen molar-refractivity contribution >= 4 is 15.7 Å². The van der Waals surface area contributed by atoms with Gasteiger partial charge in [0, 0.05) is 17.2 Å². The lowest BCUT2D eigenvalue weighted by molar-refractivity contribution is -0.137. The molecule has 4 rings (SSSR count). The Bertz CT molecular complexity index is 1340. The van der Waals surface area contributed by atoms with Crippen molar-refractivity contribution in [1.29, 1.82) is 0 Å². The van der Waals surface area contributed by atoms with Crippen molar-refractivity contribution in [2.75, 3.05) is 30.8 Å². The van der Waals surface area contributed by atoms with E-state index in [9.17, 15) is 21.6 Å². The van der Waals surface area contributed by atoms with Crippen LogP contribution in [0.2, 0.25) is 0 Å². The zero-order valence-corrected chi connectivity index (χ0v) is 20.4. The van der Waals surface area contributed by atoms with Gasteiger partial charge in [0.25, 0.3) is 0 Å². The highest BCUT2D eigenvalue weighted by Crippen LogP contribution is 2.34. The third-order valence-corrected chi connectivity index (χ3v) is 6.02. The number of nitrogens with one attached hydrogen (secondary N) is 1. The summed E-state index contributed by atoms with van der Waals surface area (Å²) in [5.41, 5.74) is 0.935. The van der Waals surface area contributed by atoms with E-state index in [1.54, 1.807) is 42.6 Å². The Hall–Kier alpha value is -3.31. The zero-order valence-electron chi connectivity index (χ0n) is 19.6. The van der Waals surface area contributed by atoms with Crippen LogP contribution in [0.1, 0.15) is 18.1 Å².